The highest BCUT2D eigenvalue weighted by atomic mass is 16.5. The summed E-state index contributed by atoms with van der Waals surface area (Å²) in [5, 5.41) is 0. The maximum absolute atomic E-state index is 12.6. The van der Waals surface area contributed by atoms with Crippen LogP contribution in [0.5, 0.6) is 0 Å². The lowest BCUT2D eigenvalue weighted by atomic mass is 10.1. The van der Waals surface area contributed by atoms with Gasteiger partial charge < -0.3 is 14.5 Å². The van der Waals surface area contributed by atoms with E-state index in [1.165, 1.54) is 5.56 Å². The summed E-state index contributed by atoms with van der Waals surface area (Å²) in [5.74, 6) is 0.309. The summed E-state index contributed by atoms with van der Waals surface area (Å²) in [4.78, 5) is 33.1. The van der Waals surface area contributed by atoms with Crippen molar-refractivity contribution in [3.8, 4) is 0 Å². The van der Waals surface area contributed by atoms with Crippen molar-refractivity contribution in [3.63, 3.8) is 0 Å². The number of nitrogens with zero attached hydrogens (tertiary/aromatic N) is 4. The molecule has 0 N–H and O–H groups in total. The first-order chi connectivity index (χ1) is 14.0. The highest BCUT2D eigenvalue weighted by Crippen LogP contribution is 2.09. The van der Waals surface area contributed by atoms with Gasteiger partial charge in [0, 0.05) is 52.9 Å². The van der Waals surface area contributed by atoms with Crippen LogP contribution in [0.2, 0.25) is 0 Å². The molecule has 0 radical (unpaired) electrons. The predicted molar refractivity (Wildman–Crippen MR) is 113 cm³/mol. The van der Waals surface area contributed by atoms with Gasteiger partial charge in [-0.15, -0.1) is 0 Å². The van der Waals surface area contributed by atoms with Crippen LogP contribution in [0, 0.1) is 0 Å². The monoisotopic (exact) mass is 402 g/mol. The lowest BCUT2D eigenvalue weighted by molar-refractivity contribution is -0.136. The summed E-state index contributed by atoms with van der Waals surface area (Å²) in [7, 11) is 1.86. The number of ether oxygens (including phenoxy) is 1. The van der Waals surface area contributed by atoms with Gasteiger partial charge in [-0.25, -0.2) is 0 Å². The van der Waals surface area contributed by atoms with E-state index in [1.807, 2.05) is 11.9 Å². The zero-order chi connectivity index (χ0) is 20.6. The van der Waals surface area contributed by atoms with Gasteiger partial charge in [0.2, 0.25) is 11.8 Å². The zero-order valence-electron chi connectivity index (χ0n) is 17.8. The summed E-state index contributed by atoms with van der Waals surface area (Å²) >= 11 is 0. The normalized spacial score (nSPS) is 18.6. The molecule has 7 nitrogen and oxygen atoms in total. The number of hydrogen-bond donors (Lipinski definition) is 0. The third-order valence-electron chi connectivity index (χ3n) is 5.82. The van der Waals surface area contributed by atoms with E-state index in [2.05, 4.69) is 41.0 Å². The van der Waals surface area contributed by atoms with E-state index in [1.54, 1.807) is 4.90 Å². The van der Waals surface area contributed by atoms with Gasteiger partial charge in [-0.1, -0.05) is 31.2 Å². The molecule has 29 heavy (non-hydrogen) atoms. The number of likely N-dealkylation sites (N-methyl/N-ethyl adjacent to an activating group) is 1. The molecule has 0 unspecified atom stereocenters. The average molecular weight is 403 g/mol. The highest BCUT2D eigenvalue weighted by molar-refractivity contribution is 5.79. The molecule has 3 rings (SSSR count). The van der Waals surface area contributed by atoms with Gasteiger partial charge >= 0.3 is 0 Å². The van der Waals surface area contributed by atoms with E-state index in [-0.39, 0.29) is 11.8 Å². The topological polar surface area (TPSA) is 56.3 Å². The Balaban J connectivity index is 1.38. The first-order valence-corrected chi connectivity index (χ1v) is 10.7. The largest absolute Gasteiger partial charge is 0.379 e. The summed E-state index contributed by atoms with van der Waals surface area (Å²) < 4.78 is 5.34. The Morgan fingerprint density at radius 3 is 2.10 bits per heavy atom. The molecule has 2 fully saturated rings. The molecule has 0 atom stereocenters. The van der Waals surface area contributed by atoms with Crippen molar-refractivity contribution >= 4 is 11.8 Å². The molecular weight excluding hydrogens is 368 g/mol. The summed E-state index contributed by atoms with van der Waals surface area (Å²) in [6, 6.07) is 8.45. The van der Waals surface area contributed by atoms with Gasteiger partial charge in [0.05, 0.1) is 26.3 Å². The van der Waals surface area contributed by atoms with Crippen LogP contribution in [0.25, 0.3) is 0 Å². The molecular formula is C22H34N4O3. The Hall–Kier alpha value is -1.96. The number of hydrogen-bond acceptors (Lipinski definition) is 5. The van der Waals surface area contributed by atoms with E-state index in [4.69, 9.17) is 4.74 Å². The van der Waals surface area contributed by atoms with Crippen LogP contribution in [0.1, 0.15) is 18.1 Å². The Bertz CT molecular complexity index is 665. The van der Waals surface area contributed by atoms with Crippen molar-refractivity contribution in [1.29, 1.82) is 0 Å². The molecule has 2 saturated heterocycles. The molecule has 2 aliphatic rings. The molecule has 160 valence electrons. The van der Waals surface area contributed by atoms with Gasteiger partial charge in [0.15, 0.2) is 0 Å². The second-order valence-electron chi connectivity index (χ2n) is 7.97. The molecule has 0 aliphatic carbocycles. The molecule has 0 saturated carbocycles. The van der Waals surface area contributed by atoms with E-state index in [0.29, 0.717) is 45.9 Å². The van der Waals surface area contributed by atoms with Crippen molar-refractivity contribution in [2.24, 2.45) is 0 Å². The van der Waals surface area contributed by atoms with E-state index in [9.17, 15) is 9.59 Å². The van der Waals surface area contributed by atoms with Gasteiger partial charge in [0.25, 0.3) is 0 Å². The van der Waals surface area contributed by atoms with Crippen molar-refractivity contribution in [3.05, 3.63) is 35.4 Å². The van der Waals surface area contributed by atoms with Gasteiger partial charge in [-0.2, -0.15) is 0 Å². The summed E-state index contributed by atoms with van der Waals surface area (Å²) in [6.45, 7) is 9.61. The molecule has 7 heteroatoms. The second kappa shape index (κ2) is 10.7. The van der Waals surface area contributed by atoms with Crippen molar-refractivity contribution in [1.82, 2.24) is 19.6 Å². The molecule has 0 spiro atoms. The maximum atomic E-state index is 12.6. The van der Waals surface area contributed by atoms with Crippen LogP contribution in [0.3, 0.4) is 0 Å². The fourth-order valence-electron chi connectivity index (χ4n) is 3.76. The smallest absolute Gasteiger partial charge is 0.236 e. The Morgan fingerprint density at radius 2 is 1.48 bits per heavy atom. The van der Waals surface area contributed by atoms with E-state index < -0.39 is 0 Å². The number of morpholine rings is 1. The van der Waals surface area contributed by atoms with Crippen LogP contribution in [-0.2, 0) is 27.3 Å². The SMILES string of the molecule is CCc1ccc(CN(C)C(=O)CN2CCN(C(=O)CN3CCOCC3)CC2)cc1. The number of amides is 2. The maximum Gasteiger partial charge on any atom is 0.236 e. The molecule has 2 aliphatic heterocycles. The molecule has 2 heterocycles. The lowest BCUT2D eigenvalue weighted by Gasteiger charge is -2.36. The second-order valence-corrected chi connectivity index (χ2v) is 7.97. The minimum absolute atomic E-state index is 0.123. The lowest BCUT2D eigenvalue weighted by Crippen LogP contribution is -2.53. The quantitative estimate of drug-likeness (QED) is 0.672. The summed E-state index contributed by atoms with van der Waals surface area (Å²) in [6.07, 6.45) is 1.02. The van der Waals surface area contributed by atoms with Crippen LogP contribution in [0.4, 0.5) is 0 Å². The number of piperazine rings is 1. The number of carbonyl (C=O) groups excluding carboxylic acids is 2. The number of aryl methyl sites for hydroxylation is 1. The van der Waals surface area contributed by atoms with Gasteiger partial charge in [-0.3, -0.25) is 19.4 Å². The van der Waals surface area contributed by atoms with Crippen LogP contribution < -0.4 is 0 Å². The van der Waals surface area contributed by atoms with Crippen molar-refractivity contribution < 1.29 is 14.3 Å². The first kappa shape index (κ1) is 21.7. The van der Waals surface area contributed by atoms with Gasteiger partial charge in [-0.05, 0) is 17.5 Å². The highest BCUT2D eigenvalue weighted by Gasteiger charge is 2.25. The number of benzene rings is 1. The third kappa shape index (κ3) is 6.52. The molecule has 2 amide bonds. The number of rotatable bonds is 7. The van der Waals surface area contributed by atoms with Crippen LogP contribution in [-0.4, -0.2) is 104 Å². The molecule has 0 aromatic heterocycles. The molecule has 1 aromatic rings. The fourth-order valence-corrected chi connectivity index (χ4v) is 3.76. The van der Waals surface area contributed by atoms with Crippen LogP contribution in [0.15, 0.2) is 24.3 Å². The minimum Gasteiger partial charge on any atom is -0.379 e. The zero-order valence-corrected chi connectivity index (χ0v) is 17.8. The van der Waals surface area contributed by atoms with Crippen LogP contribution >= 0.6 is 0 Å². The summed E-state index contributed by atoms with van der Waals surface area (Å²) in [5.41, 5.74) is 2.46. The standard InChI is InChI=1S/C22H34N4O3/c1-3-19-4-6-20(7-5-19)16-23(2)21(27)17-24-8-10-26(11-9-24)22(28)18-25-12-14-29-15-13-25/h4-7H,3,8-18H2,1-2H3. The third-order valence-corrected chi connectivity index (χ3v) is 5.82. The van der Waals surface area contributed by atoms with E-state index in [0.717, 1.165) is 38.2 Å². The predicted octanol–water partition coefficient (Wildman–Crippen LogP) is 0.684. The number of carbonyl (C=O) groups is 2. The Morgan fingerprint density at radius 1 is 0.897 bits per heavy atom. The Kier molecular flexibility index (Phi) is 8.03. The minimum atomic E-state index is 0.123. The average Bonchev–Trinajstić information content (AvgIpc) is 2.75. The molecule has 1 aromatic carbocycles. The molecule has 0 bridgehead atoms. The van der Waals surface area contributed by atoms with Gasteiger partial charge in [0.1, 0.15) is 0 Å². The van der Waals surface area contributed by atoms with E-state index >= 15 is 0 Å². The fraction of sp³-hybridized carbons (Fsp3) is 0.636. The Labute approximate surface area is 174 Å². The van der Waals surface area contributed by atoms with Crippen molar-refractivity contribution in [2.45, 2.75) is 19.9 Å². The first-order valence-electron chi connectivity index (χ1n) is 10.7. The van der Waals surface area contributed by atoms with Crippen molar-refractivity contribution in [2.75, 3.05) is 72.6 Å².